The van der Waals surface area contributed by atoms with Crippen molar-refractivity contribution in [1.29, 1.82) is 0 Å². The first-order valence-electron chi connectivity index (χ1n) is 9.29. The number of fused-ring (bicyclic) bond motifs is 1. The molecule has 2 aromatic heterocycles. The molecule has 148 valence electrons. The second kappa shape index (κ2) is 8.00. The molecule has 0 spiro atoms. The van der Waals surface area contributed by atoms with Crippen LogP contribution in [0.2, 0.25) is 0 Å². The van der Waals surface area contributed by atoms with E-state index >= 15 is 0 Å². The van der Waals surface area contributed by atoms with E-state index in [9.17, 15) is 9.59 Å². The molecule has 1 N–H and O–H groups in total. The van der Waals surface area contributed by atoms with Crippen LogP contribution in [0.1, 0.15) is 31.4 Å². The van der Waals surface area contributed by atoms with Crippen LogP contribution in [-0.4, -0.2) is 47.3 Å². The van der Waals surface area contributed by atoms with Crippen LogP contribution in [0.25, 0.3) is 0 Å². The molecule has 29 heavy (non-hydrogen) atoms. The van der Waals surface area contributed by atoms with E-state index in [1.165, 1.54) is 11.3 Å². The number of pyridine rings is 1. The monoisotopic (exact) mass is 407 g/mol. The molecule has 0 atom stereocenters. The summed E-state index contributed by atoms with van der Waals surface area (Å²) in [5.74, 6) is -0.279. The van der Waals surface area contributed by atoms with Gasteiger partial charge in [0.15, 0.2) is 5.13 Å². The van der Waals surface area contributed by atoms with Gasteiger partial charge in [-0.3, -0.25) is 19.9 Å². The molecule has 0 saturated heterocycles. The third kappa shape index (κ3) is 4.12. The molecular formula is C21H21N5O2S. The summed E-state index contributed by atoms with van der Waals surface area (Å²) in [6.07, 6.45) is 2.25. The van der Waals surface area contributed by atoms with E-state index in [2.05, 4.69) is 15.3 Å². The number of benzene rings is 1. The maximum absolute atomic E-state index is 12.9. The zero-order valence-corrected chi connectivity index (χ0v) is 17.1. The molecule has 1 aromatic carbocycles. The first-order chi connectivity index (χ1) is 14.0. The molecular weight excluding hydrogens is 386 g/mol. The van der Waals surface area contributed by atoms with Gasteiger partial charge >= 0.3 is 0 Å². The summed E-state index contributed by atoms with van der Waals surface area (Å²) < 4.78 is 0. The van der Waals surface area contributed by atoms with Crippen molar-refractivity contribution in [2.45, 2.75) is 13.0 Å². The van der Waals surface area contributed by atoms with Crippen molar-refractivity contribution < 1.29 is 9.59 Å². The Bertz CT molecular complexity index is 1030. The first-order valence-corrected chi connectivity index (χ1v) is 10.1. The van der Waals surface area contributed by atoms with Gasteiger partial charge in [-0.1, -0.05) is 17.4 Å². The topological polar surface area (TPSA) is 78.4 Å². The number of nitrogens with zero attached hydrogens (tertiary/aromatic N) is 4. The van der Waals surface area contributed by atoms with Gasteiger partial charge in [0.05, 0.1) is 12.2 Å². The maximum atomic E-state index is 12.9. The van der Waals surface area contributed by atoms with Gasteiger partial charge in [0.25, 0.3) is 11.8 Å². The van der Waals surface area contributed by atoms with Crippen molar-refractivity contribution in [3.8, 4) is 0 Å². The van der Waals surface area contributed by atoms with Crippen molar-refractivity contribution in [2.24, 2.45) is 0 Å². The molecule has 7 nitrogen and oxygen atoms in total. The predicted octanol–water partition coefficient (Wildman–Crippen LogP) is 3.05. The number of carbonyl (C=O) groups excluding carboxylic acids is 2. The van der Waals surface area contributed by atoms with Gasteiger partial charge in [-0.15, -0.1) is 0 Å². The van der Waals surface area contributed by atoms with Gasteiger partial charge in [-0.25, -0.2) is 4.98 Å². The van der Waals surface area contributed by atoms with Crippen LogP contribution in [0.15, 0.2) is 48.7 Å². The molecule has 2 amide bonds. The smallest absolute Gasteiger partial charge is 0.276 e. The number of anilines is 2. The fraction of sp³-hybridized carbons (Fsp3) is 0.238. The summed E-state index contributed by atoms with van der Waals surface area (Å²) in [5, 5.41) is 3.34. The van der Waals surface area contributed by atoms with Crippen LogP contribution in [-0.2, 0) is 13.0 Å². The lowest BCUT2D eigenvalue weighted by Gasteiger charge is -2.26. The summed E-state index contributed by atoms with van der Waals surface area (Å²) in [4.78, 5) is 38.6. The molecule has 1 aliphatic rings. The number of rotatable bonds is 4. The lowest BCUT2D eigenvalue weighted by atomic mass is 10.1. The minimum absolute atomic E-state index is 0.00780. The highest BCUT2D eigenvalue weighted by Crippen LogP contribution is 2.29. The van der Waals surface area contributed by atoms with Crippen LogP contribution in [0, 0.1) is 0 Å². The molecule has 0 saturated carbocycles. The number of aromatic nitrogens is 2. The van der Waals surface area contributed by atoms with Crippen LogP contribution in [0.5, 0.6) is 0 Å². The van der Waals surface area contributed by atoms with Crippen LogP contribution >= 0.6 is 11.3 Å². The maximum Gasteiger partial charge on any atom is 0.276 e. The summed E-state index contributed by atoms with van der Waals surface area (Å²) >= 11 is 1.41. The molecule has 0 bridgehead atoms. The van der Waals surface area contributed by atoms with E-state index in [0.717, 1.165) is 16.3 Å². The highest BCUT2D eigenvalue weighted by atomic mass is 32.1. The third-order valence-corrected chi connectivity index (χ3v) is 5.76. The molecule has 3 aromatic rings. The Kier molecular flexibility index (Phi) is 5.26. The minimum Gasteiger partial charge on any atom is -0.378 e. The zero-order chi connectivity index (χ0) is 20.4. The van der Waals surface area contributed by atoms with Crippen molar-refractivity contribution >= 4 is 34.0 Å². The Labute approximate surface area is 173 Å². The summed E-state index contributed by atoms with van der Waals surface area (Å²) in [6.45, 7) is 1.11. The van der Waals surface area contributed by atoms with Crippen LogP contribution < -0.4 is 10.2 Å². The molecule has 4 rings (SSSR count). The second-order valence-electron chi connectivity index (χ2n) is 6.98. The summed E-state index contributed by atoms with van der Waals surface area (Å²) in [7, 11) is 3.94. The number of nitrogens with one attached hydrogen (secondary N) is 1. The fourth-order valence-electron chi connectivity index (χ4n) is 3.17. The number of carbonyl (C=O) groups is 2. The second-order valence-corrected chi connectivity index (χ2v) is 8.06. The van der Waals surface area contributed by atoms with Crippen LogP contribution in [0.3, 0.4) is 0 Å². The number of hydrogen-bond donors (Lipinski definition) is 1. The SMILES string of the molecule is CN(C)c1ccc(C(=O)N2CCc3nc(NC(=O)c4ccccn4)sc3C2)cc1. The molecule has 0 radical (unpaired) electrons. The zero-order valence-electron chi connectivity index (χ0n) is 16.3. The Morgan fingerprint density at radius 1 is 1.14 bits per heavy atom. The Balaban J connectivity index is 1.44. The van der Waals surface area contributed by atoms with E-state index in [4.69, 9.17) is 0 Å². The van der Waals surface area contributed by atoms with E-state index in [1.54, 1.807) is 24.4 Å². The van der Waals surface area contributed by atoms with Crippen LogP contribution in [0.4, 0.5) is 10.8 Å². The van der Waals surface area contributed by atoms with E-state index < -0.39 is 0 Å². The lowest BCUT2D eigenvalue weighted by molar-refractivity contribution is 0.0736. The number of amides is 2. The Morgan fingerprint density at radius 3 is 2.62 bits per heavy atom. The van der Waals surface area contributed by atoms with Crippen molar-refractivity contribution in [1.82, 2.24) is 14.9 Å². The highest BCUT2D eigenvalue weighted by Gasteiger charge is 2.25. The van der Waals surface area contributed by atoms with Gasteiger partial charge in [0.1, 0.15) is 5.69 Å². The molecule has 1 aliphatic heterocycles. The molecule has 8 heteroatoms. The predicted molar refractivity (Wildman–Crippen MR) is 114 cm³/mol. The van der Waals surface area contributed by atoms with Gasteiger partial charge in [-0.05, 0) is 36.4 Å². The Morgan fingerprint density at radius 2 is 1.93 bits per heavy atom. The van der Waals surface area contributed by atoms with Crippen molar-refractivity contribution in [3.63, 3.8) is 0 Å². The van der Waals surface area contributed by atoms with Gasteiger partial charge in [0, 0.05) is 49.4 Å². The molecule has 3 heterocycles. The largest absolute Gasteiger partial charge is 0.378 e. The van der Waals surface area contributed by atoms with Gasteiger partial charge in [-0.2, -0.15) is 0 Å². The van der Waals surface area contributed by atoms with E-state index in [0.29, 0.717) is 35.9 Å². The van der Waals surface area contributed by atoms with Crippen molar-refractivity contribution in [2.75, 3.05) is 30.9 Å². The fourth-order valence-corrected chi connectivity index (χ4v) is 4.18. The summed E-state index contributed by atoms with van der Waals surface area (Å²) in [6, 6.07) is 12.8. The third-order valence-electron chi connectivity index (χ3n) is 4.77. The molecule has 0 unspecified atom stereocenters. The van der Waals surface area contributed by atoms with E-state index in [-0.39, 0.29) is 11.8 Å². The minimum atomic E-state index is -0.286. The van der Waals surface area contributed by atoms with Gasteiger partial charge < -0.3 is 9.80 Å². The number of thiazole rings is 1. The average Bonchev–Trinajstić information content (AvgIpc) is 3.15. The quantitative estimate of drug-likeness (QED) is 0.719. The highest BCUT2D eigenvalue weighted by molar-refractivity contribution is 7.15. The van der Waals surface area contributed by atoms with Gasteiger partial charge in [0.2, 0.25) is 0 Å². The van der Waals surface area contributed by atoms with E-state index in [1.807, 2.05) is 48.2 Å². The molecule has 0 aliphatic carbocycles. The average molecular weight is 407 g/mol. The normalized spacial score (nSPS) is 13.0. The molecule has 0 fully saturated rings. The van der Waals surface area contributed by atoms with Crippen molar-refractivity contribution in [3.05, 3.63) is 70.5 Å². The lowest BCUT2D eigenvalue weighted by Crippen LogP contribution is -2.35. The Hall–Kier alpha value is -3.26. The number of hydrogen-bond acceptors (Lipinski definition) is 6. The standard InChI is InChI=1S/C21H21N5O2S/c1-25(2)15-8-6-14(7-9-15)20(28)26-12-10-16-18(13-26)29-21(23-16)24-19(27)17-5-3-4-11-22-17/h3-9,11H,10,12-13H2,1-2H3,(H,23,24,27). The first kappa shape index (κ1) is 19.1. The summed E-state index contributed by atoms with van der Waals surface area (Å²) in [5.41, 5.74) is 3.02.